The second kappa shape index (κ2) is 5.06. The number of aromatic carboxylic acids is 1. The van der Waals surface area contributed by atoms with Gasteiger partial charge in [-0.3, -0.25) is 14.9 Å². The van der Waals surface area contributed by atoms with Gasteiger partial charge in [-0.2, -0.15) is 0 Å². The maximum absolute atomic E-state index is 11.0. The number of ether oxygens (including phenoxy) is 1. The van der Waals surface area contributed by atoms with E-state index in [1.165, 1.54) is 0 Å². The van der Waals surface area contributed by atoms with E-state index in [4.69, 9.17) is 9.84 Å². The summed E-state index contributed by atoms with van der Waals surface area (Å²) in [7, 11) is 0. The van der Waals surface area contributed by atoms with Gasteiger partial charge in [0.1, 0.15) is 11.3 Å². The Bertz CT molecular complexity index is 482. The Labute approximate surface area is 95.8 Å². The van der Waals surface area contributed by atoms with Crippen LogP contribution in [0.3, 0.4) is 0 Å². The predicted octanol–water partition coefficient (Wildman–Crippen LogP) is 1.61. The molecule has 0 bridgehead atoms. The fourth-order valence-electron chi connectivity index (χ4n) is 1.08. The Balaban J connectivity index is 3.17. The maximum atomic E-state index is 11.0. The molecule has 1 aromatic rings. The number of non-ortho nitro benzene ring substituents is 1. The first-order valence-electron chi connectivity index (χ1n) is 4.68. The molecule has 0 aromatic heterocycles. The average Bonchev–Trinajstić information content (AvgIpc) is 2.28. The first kappa shape index (κ1) is 12.6. The highest BCUT2D eigenvalue weighted by Crippen LogP contribution is 2.24. The third kappa shape index (κ3) is 3.00. The molecular weight excluding hydrogens is 230 g/mol. The number of nitro groups is 1. The van der Waals surface area contributed by atoms with Crippen LogP contribution in [0.4, 0.5) is 5.69 Å². The molecule has 0 atom stereocenters. The lowest BCUT2D eigenvalue weighted by Gasteiger charge is -2.05. The highest BCUT2D eigenvalue weighted by Gasteiger charge is 2.18. The molecule has 7 heteroatoms. The number of carboxylic acid groups (broad SMARTS) is 1. The van der Waals surface area contributed by atoms with Crippen molar-refractivity contribution in [1.82, 2.24) is 0 Å². The van der Waals surface area contributed by atoms with E-state index in [9.17, 15) is 19.7 Å². The van der Waals surface area contributed by atoms with Gasteiger partial charge in [-0.15, -0.1) is 0 Å². The Kier molecular flexibility index (Phi) is 3.76. The third-order valence-electron chi connectivity index (χ3n) is 1.92. The van der Waals surface area contributed by atoms with E-state index in [-0.39, 0.29) is 17.9 Å². The van der Waals surface area contributed by atoms with Gasteiger partial charge in [0.05, 0.1) is 4.92 Å². The number of carboxylic acids is 1. The van der Waals surface area contributed by atoms with Crippen molar-refractivity contribution in [3.8, 4) is 5.75 Å². The summed E-state index contributed by atoms with van der Waals surface area (Å²) in [6.07, 6.45) is 0.0794. The minimum atomic E-state index is -1.40. The zero-order valence-electron chi connectivity index (χ0n) is 8.87. The van der Waals surface area contributed by atoms with Crippen molar-refractivity contribution in [1.29, 1.82) is 0 Å². The van der Waals surface area contributed by atoms with Crippen LogP contribution in [-0.2, 0) is 4.79 Å². The summed E-state index contributed by atoms with van der Waals surface area (Å²) in [4.78, 5) is 31.6. The zero-order valence-corrected chi connectivity index (χ0v) is 8.87. The standard InChI is InChI=1S/C10H9NO6/c1-2-9(12)17-8-4-3-6(11(15)16)5-7(8)10(13)14/h3-5H,2H2,1H3,(H,13,14). The Morgan fingerprint density at radius 3 is 2.59 bits per heavy atom. The number of carbonyl (C=O) groups excluding carboxylic acids is 1. The molecule has 1 N–H and O–H groups in total. The quantitative estimate of drug-likeness (QED) is 0.370. The molecule has 0 fully saturated rings. The summed E-state index contributed by atoms with van der Waals surface area (Å²) < 4.78 is 4.75. The van der Waals surface area contributed by atoms with Crippen LogP contribution in [0.25, 0.3) is 0 Å². The number of carbonyl (C=O) groups is 2. The second-order valence-corrected chi connectivity index (χ2v) is 3.07. The Morgan fingerprint density at radius 2 is 2.12 bits per heavy atom. The second-order valence-electron chi connectivity index (χ2n) is 3.07. The largest absolute Gasteiger partial charge is 0.478 e. The third-order valence-corrected chi connectivity index (χ3v) is 1.92. The molecule has 17 heavy (non-hydrogen) atoms. The number of nitrogens with zero attached hydrogens (tertiary/aromatic N) is 1. The molecular formula is C10H9NO6. The average molecular weight is 239 g/mol. The lowest BCUT2D eigenvalue weighted by molar-refractivity contribution is -0.384. The smallest absolute Gasteiger partial charge is 0.339 e. The van der Waals surface area contributed by atoms with Crippen LogP contribution in [-0.4, -0.2) is 22.0 Å². The monoisotopic (exact) mass is 239 g/mol. The van der Waals surface area contributed by atoms with Crippen LogP contribution in [0, 0.1) is 10.1 Å². The molecule has 0 unspecified atom stereocenters. The van der Waals surface area contributed by atoms with Gasteiger partial charge >= 0.3 is 11.9 Å². The number of hydrogen-bond donors (Lipinski definition) is 1. The van der Waals surface area contributed by atoms with Crippen molar-refractivity contribution in [3.05, 3.63) is 33.9 Å². The van der Waals surface area contributed by atoms with Gasteiger partial charge in [0.2, 0.25) is 0 Å². The molecule has 0 amide bonds. The van der Waals surface area contributed by atoms with E-state index in [1.807, 2.05) is 0 Å². The van der Waals surface area contributed by atoms with Crippen LogP contribution >= 0.6 is 0 Å². The molecule has 0 saturated heterocycles. The van der Waals surface area contributed by atoms with Gasteiger partial charge in [0.25, 0.3) is 5.69 Å². The minimum absolute atomic E-state index is 0.0794. The van der Waals surface area contributed by atoms with Crippen molar-refractivity contribution in [2.75, 3.05) is 0 Å². The first-order chi connectivity index (χ1) is 7.95. The predicted molar refractivity (Wildman–Crippen MR) is 56.0 cm³/mol. The van der Waals surface area contributed by atoms with Crippen LogP contribution in [0.5, 0.6) is 5.75 Å². The highest BCUT2D eigenvalue weighted by atomic mass is 16.6. The summed E-state index contributed by atoms with van der Waals surface area (Å²) in [5.74, 6) is -2.20. The number of nitro benzene ring substituents is 1. The Hall–Kier alpha value is -2.44. The SMILES string of the molecule is CCC(=O)Oc1ccc([N+](=O)[O-])cc1C(=O)O. The normalized spacial score (nSPS) is 9.71. The van der Waals surface area contributed by atoms with Crippen molar-refractivity contribution in [3.63, 3.8) is 0 Å². The van der Waals surface area contributed by atoms with E-state index < -0.39 is 22.4 Å². The van der Waals surface area contributed by atoms with Gasteiger partial charge in [-0.25, -0.2) is 4.79 Å². The van der Waals surface area contributed by atoms with Crippen LogP contribution in [0.2, 0.25) is 0 Å². The minimum Gasteiger partial charge on any atom is -0.478 e. The highest BCUT2D eigenvalue weighted by molar-refractivity contribution is 5.92. The van der Waals surface area contributed by atoms with Crippen molar-refractivity contribution in [2.45, 2.75) is 13.3 Å². The topological polar surface area (TPSA) is 107 Å². The summed E-state index contributed by atoms with van der Waals surface area (Å²) in [5, 5.41) is 19.3. The van der Waals surface area contributed by atoms with Gasteiger partial charge in [-0.05, 0) is 6.07 Å². The van der Waals surface area contributed by atoms with Crippen molar-refractivity contribution in [2.24, 2.45) is 0 Å². The first-order valence-corrected chi connectivity index (χ1v) is 4.68. The molecule has 1 aromatic carbocycles. The fourth-order valence-corrected chi connectivity index (χ4v) is 1.08. The van der Waals surface area contributed by atoms with Crippen molar-refractivity contribution >= 4 is 17.6 Å². The molecule has 0 spiro atoms. The Morgan fingerprint density at radius 1 is 1.47 bits per heavy atom. The molecule has 0 aliphatic heterocycles. The van der Waals surface area contributed by atoms with E-state index in [2.05, 4.69) is 0 Å². The number of benzene rings is 1. The summed E-state index contributed by atoms with van der Waals surface area (Å²) >= 11 is 0. The van der Waals surface area contributed by atoms with E-state index in [0.29, 0.717) is 0 Å². The molecule has 1 rings (SSSR count). The molecule has 0 heterocycles. The molecule has 0 aliphatic carbocycles. The zero-order chi connectivity index (χ0) is 13.0. The number of esters is 1. The van der Waals surface area contributed by atoms with Gasteiger partial charge in [0, 0.05) is 18.6 Å². The summed E-state index contributed by atoms with van der Waals surface area (Å²) in [5.41, 5.74) is -0.792. The lowest BCUT2D eigenvalue weighted by atomic mass is 10.2. The van der Waals surface area contributed by atoms with E-state index in [1.54, 1.807) is 6.92 Å². The van der Waals surface area contributed by atoms with Crippen LogP contribution in [0.1, 0.15) is 23.7 Å². The van der Waals surface area contributed by atoms with Crippen LogP contribution in [0.15, 0.2) is 18.2 Å². The van der Waals surface area contributed by atoms with Crippen LogP contribution < -0.4 is 4.74 Å². The molecule has 90 valence electrons. The summed E-state index contributed by atoms with van der Waals surface area (Å²) in [6, 6.07) is 3.01. The fraction of sp³-hybridized carbons (Fsp3) is 0.200. The number of hydrogen-bond acceptors (Lipinski definition) is 5. The van der Waals surface area contributed by atoms with E-state index >= 15 is 0 Å². The van der Waals surface area contributed by atoms with Gasteiger partial charge in [0.15, 0.2) is 0 Å². The van der Waals surface area contributed by atoms with E-state index in [0.717, 1.165) is 18.2 Å². The summed E-state index contributed by atoms with van der Waals surface area (Å²) in [6.45, 7) is 1.55. The molecule has 0 saturated carbocycles. The van der Waals surface area contributed by atoms with Gasteiger partial charge in [-0.1, -0.05) is 6.92 Å². The molecule has 0 radical (unpaired) electrons. The lowest BCUT2D eigenvalue weighted by Crippen LogP contribution is -2.10. The molecule has 0 aliphatic rings. The molecule has 7 nitrogen and oxygen atoms in total. The maximum Gasteiger partial charge on any atom is 0.339 e. The number of rotatable bonds is 4. The van der Waals surface area contributed by atoms with Crippen molar-refractivity contribution < 1.29 is 24.4 Å². The van der Waals surface area contributed by atoms with Gasteiger partial charge < -0.3 is 9.84 Å².